The molecule has 0 atom stereocenters. The molecule has 0 aliphatic carbocycles. The van der Waals surface area contributed by atoms with Gasteiger partial charge < -0.3 is 5.32 Å². The van der Waals surface area contributed by atoms with Gasteiger partial charge in [-0.3, -0.25) is 14.5 Å². The van der Waals surface area contributed by atoms with Crippen molar-refractivity contribution >= 4 is 23.1 Å². The van der Waals surface area contributed by atoms with Crippen molar-refractivity contribution in [2.24, 2.45) is 0 Å². The van der Waals surface area contributed by atoms with Crippen LogP contribution in [-0.2, 0) is 0 Å². The normalized spacial score (nSPS) is 10.8. The lowest BCUT2D eigenvalue weighted by molar-refractivity contribution is 0.102. The Morgan fingerprint density at radius 1 is 1.33 bits per heavy atom. The lowest BCUT2D eigenvalue weighted by atomic mass is 10.2. The van der Waals surface area contributed by atoms with Gasteiger partial charge in [-0.25, -0.2) is 4.98 Å². The molecule has 0 unspecified atom stereocenters. The highest BCUT2D eigenvalue weighted by atomic mass is 32.1. The largest absolute Gasteiger partial charge is 0.305 e. The molecule has 0 saturated carbocycles. The van der Waals surface area contributed by atoms with Crippen molar-refractivity contribution in [3.63, 3.8) is 0 Å². The number of rotatable bonds is 3. The first kappa shape index (κ1) is 13.6. The van der Waals surface area contributed by atoms with Crippen LogP contribution in [0.4, 0.5) is 5.82 Å². The van der Waals surface area contributed by atoms with Gasteiger partial charge in [0.25, 0.3) is 5.91 Å². The van der Waals surface area contributed by atoms with E-state index in [1.54, 1.807) is 12.3 Å². The predicted molar refractivity (Wildman–Crippen MR) is 82.2 cm³/mol. The summed E-state index contributed by atoms with van der Waals surface area (Å²) in [6.07, 6.45) is 1.76. The standard InChI is InChI=1S/C14H15N5OS/c1-8-6-12(18-17-8)16-13(20)11-7-9(2)19(10(11)3)14-15-4-5-21-14/h4-7H,1-3H3,(H2,16,17,18,20). The Morgan fingerprint density at radius 2 is 2.14 bits per heavy atom. The van der Waals surface area contributed by atoms with Crippen molar-refractivity contribution in [1.82, 2.24) is 19.7 Å². The monoisotopic (exact) mass is 301 g/mol. The molecule has 0 aliphatic rings. The van der Waals surface area contributed by atoms with Crippen molar-refractivity contribution in [2.45, 2.75) is 20.8 Å². The first-order valence-corrected chi connectivity index (χ1v) is 7.36. The SMILES string of the molecule is Cc1cc(NC(=O)c2cc(C)n(-c3nccs3)c2C)n[nH]1. The van der Waals surface area contributed by atoms with Gasteiger partial charge in [0, 0.05) is 34.7 Å². The summed E-state index contributed by atoms with van der Waals surface area (Å²) < 4.78 is 1.98. The number of hydrogen-bond donors (Lipinski definition) is 2. The molecular weight excluding hydrogens is 286 g/mol. The van der Waals surface area contributed by atoms with Crippen molar-refractivity contribution in [2.75, 3.05) is 5.32 Å². The number of aromatic amines is 1. The molecule has 3 heterocycles. The van der Waals surface area contributed by atoms with Crippen LogP contribution in [0, 0.1) is 20.8 Å². The molecule has 0 aliphatic heterocycles. The van der Waals surface area contributed by atoms with Crippen molar-refractivity contribution in [1.29, 1.82) is 0 Å². The summed E-state index contributed by atoms with van der Waals surface area (Å²) >= 11 is 1.54. The first-order chi connectivity index (χ1) is 10.1. The first-order valence-electron chi connectivity index (χ1n) is 6.48. The van der Waals surface area contributed by atoms with Crippen molar-refractivity contribution < 1.29 is 4.79 Å². The van der Waals surface area contributed by atoms with Crippen LogP contribution < -0.4 is 5.32 Å². The van der Waals surface area contributed by atoms with E-state index in [9.17, 15) is 4.79 Å². The maximum absolute atomic E-state index is 12.4. The Bertz CT molecular complexity index is 785. The van der Waals surface area contributed by atoms with Gasteiger partial charge in [-0.05, 0) is 26.8 Å². The number of aromatic nitrogens is 4. The average molecular weight is 301 g/mol. The fourth-order valence-electron chi connectivity index (χ4n) is 2.28. The highest BCUT2D eigenvalue weighted by Crippen LogP contribution is 2.22. The molecule has 21 heavy (non-hydrogen) atoms. The Balaban J connectivity index is 1.93. The highest BCUT2D eigenvalue weighted by Gasteiger charge is 2.18. The van der Waals surface area contributed by atoms with E-state index in [-0.39, 0.29) is 5.91 Å². The van der Waals surface area contributed by atoms with E-state index < -0.39 is 0 Å². The average Bonchev–Trinajstić information content (AvgIpc) is 3.12. The third-order valence-electron chi connectivity index (χ3n) is 3.23. The van der Waals surface area contributed by atoms with Crippen LogP contribution in [0.3, 0.4) is 0 Å². The summed E-state index contributed by atoms with van der Waals surface area (Å²) in [5.41, 5.74) is 3.37. The molecule has 3 aromatic heterocycles. The number of nitrogens with one attached hydrogen (secondary N) is 2. The second-order valence-electron chi connectivity index (χ2n) is 4.83. The highest BCUT2D eigenvalue weighted by molar-refractivity contribution is 7.12. The second-order valence-corrected chi connectivity index (χ2v) is 5.70. The summed E-state index contributed by atoms with van der Waals surface area (Å²) in [7, 11) is 0. The van der Waals surface area contributed by atoms with Crippen molar-refractivity contribution in [3.8, 4) is 5.13 Å². The maximum Gasteiger partial charge on any atom is 0.258 e. The third-order valence-corrected chi connectivity index (χ3v) is 3.99. The van der Waals surface area contributed by atoms with Crippen molar-refractivity contribution in [3.05, 3.63) is 46.4 Å². The molecular formula is C14H15N5OS. The molecule has 3 aromatic rings. The molecule has 7 heteroatoms. The van der Waals surface area contributed by atoms with Gasteiger partial charge in [-0.1, -0.05) is 0 Å². The number of carbonyl (C=O) groups excluding carboxylic acids is 1. The Kier molecular flexibility index (Phi) is 3.34. The van der Waals surface area contributed by atoms with Gasteiger partial charge in [-0.2, -0.15) is 5.10 Å². The number of H-pyrrole nitrogens is 1. The fourth-order valence-corrected chi connectivity index (χ4v) is 3.03. The fraction of sp³-hybridized carbons (Fsp3) is 0.214. The zero-order chi connectivity index (χ0) is 15.0. The van der Waals surface area contributed by atoms with Gasteiger partial charge >= 0.3 is 0 Å². The van der Waals surface area contributed by atoms with Crippen LogP contribution in [0.1, 0.15) is 27.4 Å². The number of amides is 1. The third kappa shape index (κ3) is 2.47. The summed E-state index contributed by atoms with van der Waals surface area (Å²) in [5.74, 6) is 0.356. The van der Waals surface area contributed by atoms with E-state index in [2.05, 4.69) is 20.5 Å². The zero-order valence-electron chi connectivity index (χ0n) is 12.0. The van der Waals surface area contributed by atoms with E-state index in [1.165, 1.54) is 11.3 Å². The second kappa shape index (κ2) is 5.17. The van der Waals surface area contributed by atoms with Gasteiger partial charge in [0.1, 0.15) is 0 Å². The molecule has 0 bridgehead atoms. The van der Waals surface area contributed by atoms with E-state index >= 15 is 0 Å². The van der Waals surface area contributed by atoms with Crippen LogP contribution >= 0.6 is 11.3 Å². The Labute approximate surface area is 125 Å². The van der Waals surface area contributed by atoms with E-state index in [4.69, 9.17) is 0 Å². The predicted octanol–water partition coefficient (Wildman–Crippen LogP) is 2.83. The Hall–Kier alpha value is -2.41. The van der Waals surface area contributed by atoms with Gasteiger partial charge in [0.15, 0.2) is 10.9 Å². The molecule has 0 saturated heterocycles. The molecule has 2 N–H and O–H groups in total. The molecule has 108 valence electrons. The number of carbonyl (C=O) groups is 1. The van der Waals surface area contributed by atoms with Crippen LogP contribution in [0.2, 0.25) is 0 Å². The summed E-state index contributed by atoms with van der Waals surface area (Å²) in [4.78, 5) is 16.7. The summed E-state index contributed by atoms with van der Waals surface area (Å²) in [6.45, 7) is 5.76. The molecule has 0 radical (unpaired) electrons. The summed E-state index contributed by atoms with van der Waals surface area (Å²) in [6, 6.07) is 3.66. The summed E-state index contributed by atoms with van der Waals surface area (Å²) in [5, 5.41) is 12.4. The van der Waals surface area contributed by atoms with E-state index in [0.717, 1.165) is 22.2 Å². The molecule has 0 spiro atoms. The van der Waals surface area contributed by atoms with Gasteiger partial charge in [0.05, 0.1) is 5.56 Å². The lowest BCUT2D eigenvalue weighted by Crippen LogP contribution is -2.13. The maximum atomic E-state index is 12.4. The zero-order valence-corrected chi connectivity index (χ0v) is 12.8. The minimum Gasteiger partial charge on any atom is -0.305 e. The number of anilines is 1. The number of thiazole rings is 1. The molecule has 0 aromatic carbocycles. The Morgan fingerprint density at radius 3 is 2.76 bits per heavy atom. The number of nitrogens with zero attached hydrogens (tertiary/aromatic N) is 3. The topological polar surface area (TPSA) is 75.6 Å². The van der Waals surface area contributed by atoms with Crippen LogP contribution in [0.15, 0.2) is 23.7 Å². The molecule has 0 fully saturated rings. The van der Waals surface area contributed by atoms with E-state index in [1.807, 2.05) is 36.8 Å². The van der Waals surface area contributed by atoms with Crippen LogP contribution in [-0.4, -0.2) is 25.7 Å². The lowest BCUT2D eigenvalue weighted by Gasteiger charge is -2.05. The van der Waals surface area contributed by atoms with E-state index in [0.29, 0.717) is 11.4 Å². The number of aryl methyl sites for hydroxylation is 2. The van der Waals surface area contributed by atoms with Gasteiger partial charge in [0.2, 0.25) is 0 Å². The minimum absolute atomic E-state index is 0.169. The van der Waals surface area contributed by atoms with Crippen LogP contribution in [0.5, 0.6) is 0 Å². The minimum atomic E-state index is -0.169. The molecule has 3 rings (SSSR count). The van der Waals surface area contributed by atoms with Crippen LogP contribution in [0.25, 0.3) is 5.13 Å². The molecule has 1 amide bonds. The molecule has 6 nitrogen and oxygen atoms in total. The quantitative estimate of drug-likeness (QED) is 0.781. The van der Waals surface area contributed by atoms with Gasteiger partial charge in [-0.15, -0.1) is 11.3 Å². The smallest absolute Gasteiger partial charge is 0.258 e. The number of hydrogen-bond acceptors (Lipinski definition) is 4.